The number of nitrogens with zero attached hydrogens (tertiary/aromatic N) is 1. The van der Waals surface area contributed by atoms with Gasteiger partial charge in [0.25, 0.3) is 0 Å². The van der Waals surface area contributed by atoms with Crippen LogP contribution in [0, 0.1) is 0 Å². The molecule has 0 aromatic heterocycles. The van der Waals surface area contributed by atoms with Crippen molar-refractivity contribution < 1.29 is 9.53 Å². The van der Waals surface area contributed by atoms with E-state index in [0.717, 1.165) is 11.1 Å². The van der Waals surface area contributed by atoms with Gasteiger partial charge in [-0.15, -0.1) is 0 Å². The van der Waals surface area contributed by atoms with Crippen LogP contribution in [0.1, 0.15) is 21.5 Å². The number of aliphatic imine (C=N–C) groups is 1. The summed E-state index contributed by atoms with van der Waals surface area (Å²) in [6.45, 7) is 0.849. The van der Waals surface area contributed by atoms with Gasteiger partial charge in [-0.05, 0) is 23.3 Å². The van der Waals surface area contributed by atoms with Crippen LogP contribution in [-0.4, -0.2) is 26.0 Å². The minimum absolute atomic E-state index is 0.272. The number of carbonyl (C=O) groups excluding carboxylic acids is 1. The van der Waals surface area contributed by atoms with Gasteiger partial charge in [0, 0.05) is 20.6 Å². The number of benzene rings is 2. The second-order valence-corrected chi connectivity index (χ2v) is 4.94. The van der Waals surface area contributed by atoms with E-state index >= 15 is 0 Å². The molecule has 0 saturated heterocycles. The van der Waals surface area contributed by atoms with Crippen LogP contribution in [0.25, 0.3) is 0 Å². The molecule has 0 spiro atoms. The lowest BCUT2D eigenvalue weighted by Gasteiger charge is -2.10. The molecule has 0 radical (unpaired) electrons. The molecule has 0 fully saturated rings. The predicted molar refractivity (Wildman–Crippen MR) is 91.3 cm³/mol. The lowest BCUT2D eigenvalue weighted by atomic mass is 10.1. The number of ether oxygens (including phenoxy) is 1. The number of hydrogen-bond donors (Lipinski definition) is 2. The Kier molecular flexibility index (Phi) is 6.17. The van der Waals surface area contributed by atoms with E-state index in [9.17, 15) is 4.79 Å². The van der Waals surface area contributed by atoms with Gasteiger partial charge in [0.05, 0.1) is 5.56 Å². The van der Waals surface area contributed by atoms with E-state index in [-0.39, 0.29) is 12.6 Å². The summed E-state index contributed by atoms with van der Waals surface area (Å²) in [6, 6.07) is 17.0. The fraction of sp³-hybridized carbons (Fsp3) is 0.222. The van der Waals surface area contributed by atoms with E-state index in [1.807, 2.05) is 48.5 Å². The molecular formula is C18H21N3O2. The summed E-state index contributed by atoms with van der Waals surface area (Å²) in [6.07, 6.45) is 0. The third-order valence-corrected chi connectivity index (χ3v) is 3.30. The van der Waals surface area contributed by atoms with Crippen LogP contribution in [0.4, 0.5) is 0 Å². The maximum absolute atomic E-state index is 12.1. The summed E-state index contributed by atoms with van der Waals surface area (Å²) in [7, 11) is 3.50. The van der Waals surface area contributed by atoms with Crippen molar-refractivity contribution in [2.24, 2.45) is 4.99 Å². The van der Waals surface area contributed by atoms with Crippen molar-refractivity contribution in [3.05, 3.63) is 71.3 Å². The van der Waals surface area contributed by atoms with Crippen molar-refractivity contribution in [1.29, 1.82) is 0 Å². The SMILES string of the molecule is CN=C(NC)NCc1cccc(C(=O)OCc2ccccc2)c1. The summed E-state index contributed by atoms with van der Waals surface area (Å²) in [4.78, 5) is 16.2. The minimum Gasteiger partial charge on any atom is -0.457 e. The second-order valence-electron chi connectivity index (χ2n) is 4.94. The summed E-state index contributed by atoms with van der Waals surface area (Å²) in [5.74, 6) is 0.371. The first kappa shape index (κ1) is 16.5. The van der Waals surface area contributed by atoms with Crippen molar-refractivity contribution >= 4 is 11.9 Å². The quantitative estimate of drug-likeness (QED) is 0.505. The Balaban J connectivity index is 1.94. The molecular weight excluding hydrogens is 290 g/mol. The zero-order valence-corrected chi connectivity index (χ0v) is 13.4. The van der Waals surface area contributed by atoms with Crippen LogP contribution in [0.2, 0.25) is 0 Å². The molecule has 2 aromatic rings. The normalized spacial score (nSPS) is 11.0. The Labute approximate surface area is 136 Å². The highest BCUT2D eigenvalue weighted by molar-refractivity contribution is 5.89. The molecule has 120 valence electrons. The van der Waals surface area contributed by atoms with Crippen LogP contribution in [0.15, 0.2) is 59.6 Å². The van der Waals surface area contributed by atoms with E-state index in [1.54, 1.807) is 20.2 Å². The van der Waals surface area contributed by atoms with Crippen molar-refractivity contribution in [2.45, 2.75) is 13.2 Å². The second kappa shape index (κ2) is 8.58. The summed E-state index contributed by atoms with van der Waals surface area (Å²) >= 11 is 0. The monoisotopic (exact) mass is 311 g/mol. The maximum atomic E-state index is 12.1. The number of hydrogen-bond acceptors (Lipinski definition) is 3. The van der Waals surface area contributed by atoms with Gasteiger partial charge in [-0.25, -0.2) is 4.79 Å². The van der Waals surface area contributed by atoms with Crippen LogP contribution in [0.3, 0.4) is 0 Å². The van der Waals surface area contributed by atoms with E-state index in [0.29, 0.717) is 18.1 Å². The van der Waals surface area contributed by atoms with Crippen molar-refractivity contribution in [1.82, 2.24) is 10.6 Å². The molecule has 0 heterocycles. The third kappa shape index (κ3) is 5.14. The van der Waals surface area contributed by atoms with Crippen molar-refractivity contribution in [2.75, 3.05) is 14.1 Å². The van der Waals surface area contributed by atoms with Gasteiger partial charge >= 0.3 is 5.97 Å². The maximum Gasteiger partial charge on any atom is 0.338 e. The predicted octanol–water partition coefficient (Wildman–Crippen LogP) is 2.34. The molecule has 0 amide bonds. The lowest BCUT2D eigenvalue weighted by molar-refractivity contribution is 0.0472. The highest BCUT2D eigenvalue weighted by atomic mass is 16.5. The van der Waals surface area contributed by atoms with Crippen LogP contribution in [-0.2, 0) is 17.9 Å². The summed E-state index contributed by atoms with van der Waals surface area (Å²) in [5, 5.41) is 6.09. The van der Waals surface area contributed by atoms with Gasteiger partial charge in [-0.3, -0.25) is 4.99 Å². The number of rotatable bonds is 5. The molecule has 0 aliphatic rings. The molecule has 23 heavy (non-hydrogen) atoms. The molecule has 2 N–H and O–H groups in total. The van der Waals surface area contributed by atoms with Gasteiger partial charge in [-0.1, -0.05) is 42.5 Å². The Morgan fingerprint density at radius 3 is 2.52 bits per heavy atom. The highest BCUT2D eigenvalue weighted by Gasteiger charge is 2.08. The van der Waals surface area contributed by atoms with E-state index in [1.165, 1.54) is 0 Å². The van der Waals surface area contributed by atoms with E-state index in [2.05, 4.69) is 15.6 Å². The first-order valence-corrected chi connectivity index (χ1v) is 7.41. The Bertz CT molecular complexity index is 669. The van der Waals surface area contributed by atoms with Crippen LogP contribution < -0.4 is 10.6 Å². The first-order valence-electron chi connectivity index (χ1n) is 7.41. The third-order valence-electron chi connectivity index (χ3n) is 3.30. The van der Waals surface area contributed by atoms with Gasteiger partial charge in [-0.2, -0.15) is 0 Å². The minimum atomic E-state index is -0.325. The molecule has 0 aliphatic carbocycles. The number of guanidine groups is 1. The average Bonchev–Trinajstić information content (AvgIpc) is 2.61. The fourth-order valence-electron chi connectivity index (χ4n) is 2.08. The molecule has 2 rings (SSSR count). The standard InChI is InChI=1S/C18H21N3O2/c1-19-18(20-2)21-12-15-9-6-10-16(11-15)17(22)23-13-14-7-4-3-5-8-14/h3-11H,12-13H2,1-2H3,(H2,19,20,21). The number of carbonyl (C=O) groups is 1. The Hall–Kier alpha value is -2.82. The topological polar surface area (TPSA) is 62.7 Å². The molecule has 0 bridgehead atoms. The number of esters is 1. The molecule has 0 saturated carbocycles. The molecule has 2 aromatic carbocycles. The highest BCUT2D eigenvalue weighted by Crippen LogP contribution is 2.09. The van der Waals surface area contributed by atoms with Crippen molar-refractivity contribution in [3.8, 4) is 0 Å². The fourth-order valence-corrected chi connectivity index (χ4v) is 2.08. The Morgan fingerprint density at radius 1 is 1.09 bits per heavy atom. The zero-order chi connectivity index (χ0) is 16.5. The van der Waals surface area contributed by atoms with Gasteiger partial charge in [0.2, 0.25) is 0 Å². The first-order chi connectivity index (χ1) is 11.2. The number of nitrogens with one attached hydrogen (secondary N) is 2. The van der Waals surface area contributed by atoms with Gasteiger partial charge in [0.15, 0.2) is 5.96 Å². The molecule has 5 heteroatoms. The summed E-state index contributed by atoms with van der Waals surface area (Å²) < 4.78 is 5.34. The van der Waals surface area contributed by atoms with E-state index in [4.69, 9.17) is 4.74 Å². The van der Waals surface area contributed by atoms with Gasteiger partial charge < -0.3 is 15.4 Å². The summed E-state index contributed by atoms with van der Waals surface area (Å²) in [5.41, 5.74) is 2.49. The smallest absolute Gasteiger partial charge is 0.338 e. The molecule has 0 unspecified atom stereocenters. The largest absolute Gasteiger partial charge is 0.457 e. The van der Waals surface area contributed by atoms with Crippen LogP contribution >= 0.6 is 0 Å². The average molecular weight is 311 g/mol. The van der Waals surface area contributed by atoms with Crippen molar-refractivity contribution in [3.63, 3.8) is 0 Å². The molecule has 5 nitrogen and oxygen atoms in total. The van der Waals surface area contributed by atoms with Crippen LogP contribution in [0.5, 0.6) is 0 Å². The van der Waals surface area contributed by atoms with Gasteiger partial charge in [0.1, 0.15) is 6.61 Å². The van der Waals surface area contributed by atoms with E-state index < -0.39 is 0 Å². The molecule has 0 aliphatic heterocycles. The zero-order valence-electron chi connectivity index (χ0n) is 13.4. The lowest BCUT2D eigenvalue weighted by Crippen LogP contribution is -2.34. The molecule has 0 atom stereocenters. The Morgan fingerprint density at radius 2 is 1.83 bits per heavy atom.